The van der Waals surface area contributed by atoms with Gasteiger partial charge in [0.25, 0.3) is 0 Å². The van der Waals surface area contributed by atoms with Crippen molar-refractivity contribution in [1.82, 2.24) is 10.2 Å². The molecular formula is C20H24N2O3. The largest absolute Gasteiger partial charge is 0.481 e. The first-order valence-electron chi connectivity index (χ1n) is 8.75. The normalized spacial score (nSPS) is 20.2. The van der Waals surface area contributed by atoms with Crippen molar-refractivity contribution in [2.75, 3.05) is 7.05 Å². The molecule has 132 valence electrons. The van der Waals surface area contributed by atoms with E-state index in [2.05, 4.69) is 29.6 Å². The molecule has 2 aromatic rings. The summed E-state index contributed by atoms with van der Waals surface area (Å²) in [4.78, 5) is 25.1. The molecule has 2 N–H and O–H groups in total. The topological polar surface area (TPSA) is 69.6 Å². The number of benzene rings is 2. The fourth-order valence-corrected chi connectivity index (χ4v) is 3.45. The monoisotopic (exact) mass is 340 g/mol. The number of carbonyl (C=O) groups is 2. The number of fused-ring (bicyclic) bond motifs is 1. The number of hydrogen-bond donors (Lipinski definition) is 2. The number of aliphatic carboxylic acids is 1. The Morgan fingerprint density at radius 3 is 2.44 bits per heavy atom. The molecule has 0 aliphatic heterocycles. The van der Waals surface area contributed by atoms with Gasteiger partial charge in [-0.15, -0.1) is 0 Å². The third-order valence-corrected chi connectivity index (χ3v) is 4.98. The van der Waals surface area contributed by atoms with Gasteiger partial charge in [-0.25, -0.2) is 4.79 Å². The number of carbonyl (C=O) groups excluding carboxylic acids is 1. The third kappa shape index (κ3) is 4.29. The van der Waals surface area contributed by atoms with Crippen LogP contribution < -0.4 is 5.32 Å². The smallest absolute Gasteiger partial charge is 0.317 e. The summed E-state index contributed by atoms with van der Waals surface area (Å²) in [6.45, 7) is 0.543. The first-order valence-corrected chi connectivity index (χ1v) is 8.75. The van der Waals surface area contributed by atoms with E-state index in [0.29, 0.717) is 19.4 Å². The summed E-state index contributed by atoms with van der Waals surface area (Å²) in [5.74, 6) is -0.985. The second kappa shape index (κ2) is 7.55. The molecule has 0 aromatic heterocycles. The lowest BCUT2D eigenvalue weighted by molar-refractivity contribution is -0.142. The summed E-state index contributed by atoms with van der Waals surface area (Å²) in [5, 5.41) is 14.4. The lowest BCUT2D eigenvalue weighted by Crippen LogP contribution is -2.44. The van der Waals surface area contributed by atoms with E-state index in [1.165, 1.54) is 10.8 Å². The number of nitrogens with one attached hydrogen (secondary N) is 1. The van der Waals surface area contributed by atoms with Crippen molar-refractivity contribution < 1.29 is 14.7 Å². The summed E-state index contributed by atoms with van der Waals surface area (Å²) < 4.78 is 0. The lowest BCUT2D eigenvalue weighted by Gasteiger charge is -2.29. The minimum absolute atomic E-state index is 0.0714. The van der Waals surface area contributed by atoms with Crippen molar-refractivity contribution in [3.05, 3.63) is 48.0 Å². The van der Waals surface area contributed by atoms with Crippen LogP contribution in [0.2, 0.25) is 0 Å². The van der Waals surface area contributed by atoms with E-state index in [9.17, 15) is 9.59 Å². The van der Waals surface area contributed by atoms with Crippen molar-refractivity contribution in [3.8, 4) is 0 Å². The molecule has 0 bridgehead atoms. The Balaban J connectivity index is 1.54. The molecule has 0 unspecified atom stereocenters. The van der Waals surface area contributed by atoms with Gasteiger partial charge in [0, 0.05) is 19.6 Å². The number of amides is 2. The van der Waals surface area contributed by atoms with Crippen LogP contribution in [-0.4, -0.2) is 35.1 Å². The Labute approximate surface area is 147 Å². The molecule has 0 saturated heterocycles. The number of carboxylic acids is 1. The van der Waals surface area contributed by atoms with E-state index >= 15 is 0 Å². The molecule has 0 atom stereocenters. The highest BCUT2D eigenvalue weighted by Crippen LogP contribution is 2.24. The highest BCUT2D eigenvalue weighted by Gasteiger charge is 2.27. The number of urea groups is 1. The van der Waals surface area contributed by atoms with Gasteiger partial charge in [0.15, 0.2) is 0 Å². The van der Waals surface area contributed by atoms with Crippen LogP contribution in [0.1, 0.15) is 31.2 Å². The van der Waals surface area contributed by atoms with E-state index < -0.39 is 5.97 Å². The maximum Gasteiger partial charge on any atom is 0.317 e. The van der Waals surface area contributed by atoms with E-state index in [1.54, 1.807) is 11.9 Å². The number of rotatable bonds is 4. The standard InChI is InChI=1S/C20H24N2O3/c1-22(13-14-6-7-15-4-2-3-5-17(15)12-14)20(25)21-18-10-8-16(9-11-18)19(23)24/h2-7,12,16,18H,8-11,13H2,1H3,(H,21,25)(H,23,24). The van der Waals surface area contributed by atoms with Gasteiger partial charge in [-0.3, -0.25) is 4.79 Å². The van der Waals surface area contributed by atoms with E-state index in [4.69, 9.17) is 5.11 Å². The van der Waals surface area contributed by atoms with Gasteiger partial charge >= 0.3 is 12.0 Å². The molecule has 5 heteroatoms. The molecule has 25 heavy (non-hydrogen) atoms. The average Bonchev–Trinajstić information content (AvgIpc) is 2.62. The molecule has 1 aliphatic rings. The van der Waals surface area contributed by atoms with Crippen molar-refractivity contribution in [2.24, 2.45) is 5.92 Å². The van der Waals surface area contributed by atoms with Crippen LogP contribution in [0.5, 0.6) is 0 Å². The van der Waals surface area contributed by atoms with Crippen molar-refractivity contribution >= 4 is 22.8 Å². The van der Waals surface area contributed by atoms with Crippen LogP contribution in [-0.2, 0) is 11.3 Å². The first kappa shape index (κ1) is 17.3. The summed E-state index contributed by atoms with van der Waals surface area (Å²) in [7, 11) is 1.79. The number of nitrogens with zero attached hydrogens (tertiary/aromatic N) is 1. The van der Waals surface area contributed by atoms with Gasteiger partial charge in [0.05, 0.1) is 5.92 Å². The number of hydrogen-bond acceptors (Lipinski definition) is 2. The Morgan fingerprint density at radius 2 is 1.76 bits per heavy atom. The average molecular weight is 340 g/mol. The molecular weight excluding hydrogens is 316 g/mol. The number of carboxylic acid groups (broad SMARTS) is 1. The Morgan fingerprint density at radius 1 is 1.08 bits per heavy atom. The van der Waals surface area contributed by atoms with Gasteiger partial charge in [0.2, 0.25) is 0 Å². The molecule has 0 heterocycles. The third-order valence-electron chi connectivity index (χ3n) is 4.98. The van der Waals surface area contributed by atoms with E-state index in [1.807, 2.05) is 18.2 Å². The predicted molar refractivity (Wildman–Crippen MR) is 97.3 cm³/mol. The lowest BCUT2D eigenvalue weighted by atomic mass is 9.86. The van der Waals surface area contributed by atoms with Crippen LogP contribution in [0.25, 0.3) is 10.8 Å². The summed E-state index contributed by atoms with van der Waals surface area (Å²) in [6, 6.07) is 14.4. The zero-order valence-corrected chi connectivity index (χ0v) is 14.4. The zero-order valence-electron chi connectivity index (χ0n) is 14.4. The predicted octanol–water partition coefficient (Wildman–Crippen LogP) is 3.62. The Kier molecular flexibility index (Phi) is 5.22. The van der Waals surface area contributed by atoms with E-state index in [0.717, 1.165) is 18.4 Å². The van der Waals surface area contributed by atoms with E-state index in [-0.39, 0.29) is 18.0 Å². The zero-order chi connectivity index (χ0) is 17.8. The highest BCUT2D eigenvalue weighted by molar-refractivity contribution is 5.83. The van der Waals surface area contributed by atoms with Crippen LogP contribution >= 0.6 is 0 Å². The fourth-order valence-electron chi connectivity index (χ4n) is 3.45. The van der Waals surface area contributed by atoms with Crippen LogP contribution in [0.4, 0.5) is 4.79 Å². The van der Waals surface area contributed by atoms with Crippen LogP contribution in [0.3, 0.4) is 0 Å². The molecule has 5 nitrogen and oxygen atoms in total. The maximum absolute atomic E-state index is 12.4. The van der Waals surface area contributed by atoms with Gasteiger partial charge in [-0.1, -0.05) is 36.4 Å². The minimum Gasteiger partial charge on any atom is -0.481 e. The Bertz CT molecular complexity index is 766. The molecule has 0 radical (unpaired) electrons. The maximum atomic E-state index is 12.4. The molecule has 3 rings (SSSR count). The molecule has 1 aliphatic carbocycles. The molecule has 2 aromatic carbocycles. The van der Waals surface area contributed by atoms with Gasteiger partial charge in [0.1, 0.15) is 0 Å². The second-order valence-corrected chi connectivity index (χ2v) is 6.87. The summed E-state index contributed by atoms with van der Waals surface area (Å²) in [5.41, 5.74) is 1.09. The second-order valence-electron chi connectivity index (χ2n) is 6.87. The highest BCUT2D eigenvalue weighted by atomic mass is 16.4. The summed E-state index contributed by atoms with van der Waals surface area (Å²) in [6.07, 6.45) is 2.72. The minimum atomic E-state index is -0.724. The van der Waals surface area contributed by atoms with Crippen molar-refractivity contribution in [2.45, 2.75) is 38.3 Å². The molecule has 1 saturated carbocycles. The SMILES string of the molecule is CN(Cc1ccc2ccccc2c1)C(=O)NC1CCC(C(=O)O)CC1. The first-order chi connectivity index (χ1) is 12.0. The molecule has 2 amide bonds. The van der Waals surface area contributed by atoms with Crippen LogP contribution in [0, 0.1) is 5.92 Å². The molecule has 1 fully saturated rings. The Hall–Kier alpha value is -2.56. The quantitative estimate of drug-likeness (QED) is 0.893. The van der Waals surface area contributed by atoms with Gasteiger partial charge in [-0.05, 0) is 48.1 Å². The fraction of sp³-hybridized carbons (Fsp3) is 0.400. The molecule has 0 spiro atoms. The van der Waals surface area contributed by atoms with Gasteiger partial charge in [-0.2, -0.15) is 0 Å². The van der Waals surface area contributed by atoms with Crippen molar-refractivity contribution in [1.29, 1.82) is 0 Å². The van der Waals surface area contributed by atoms with Crippen LogP contribution in [0.15, 0.2) is 42.5 Å². The summed E-state index contributed by atoms with van der Waals surface area (Å²) >= 11 is 0. The van der Waals surface area contributed by atoms with Crippen molar-refractivity contribution in [3.63, 3.8) is 0 Å². The van der Waals surface area contributed by atoms with Gasteiger partial charge < -0.3 is 15.3 Å².